The number of Topliss-reactive ketones (excluding diaryl/α,β-unsaturated/α-hetero) is 1. The molecule has 0 spiro atoms. The Morgan fingerprint density at radius 2 is 2.18 bits per heavy atom. The standard InChI is InChI=1S/C14H11N3O3S2/c1-7-12(8(2)18)22-14(15-7)16-13(19)9-6-10(20-17-9)11-4-3-5-21-11/h3-6H,1-2H3,(H,15,16,19). The molecular formula is C14H11N3O3S2. The summed E-state index contributed by atoms with van der Waals surface area (Å²) in [5.74, 6) is 0.0484. The van der Waals surface area contributed by atoms with E-state index >= 15 is 0 Å². The number of hydrogen-bond acceptors (Lipinski definition) is 7. The molecule has 8 heteroatoms. The van der Waals surface area contributed by atoms with Crippen molar-refractivity contribution < 1.29 is 14.1 Å². The Morgan fingerprint density at radius 1 is 1.36 bits per heavy atom. The van der Waals surface area contributed by atoms with Crippen LogP contribution in [0.15, 0.2) is 28.1 Å². The number of thiazole rings is 1. The van der Waals surface area contributed by atoms with E-state index in [-0.39, 0.29) is 11.5 Å². The van der Waals surface area contributed by atoms with Crippen LogP contribution in [-0.2, 0) is 0 Å². The van der Waals surface area contributed by atoms with Crippen molar-refractivity contribution in [2.75, 3.05) is 5.32 Å². The number of thiophene rings is 1. The summed E-state index contributed by atoms with van der Waals surface area (Å²) in [7, 11) is 0. The lowest BCUT2D eigenvalue weighted by molar-refractivity contribution is 0.101. The van der Waals surface area contributed by atoms with Crippen molar-refractivity contribution in [2.45, 2.75) is 13.8 Å². The minimum atomic E-state index is -0.421. The summed E-state index contributed by atoms with van der Waals surface area (Å²) in [4.78, 5) is 29.1. The third-order valence-corrected chi connectivity index (χ3v) is 4.90. The molecule has 0 unspecified atom stereocenters. The fourth-order valence-electron chi connectivity index (χ4n) is 1.85. The Bertz CT molecular complexity index is 834. The maximum Gasteiger partial charge on any atom is 0.279 e. The average molecular weight is 333 g/mol. The molecule has 0 saturated heterocycles. The minimum Gasteiger partial charge on any atom is -0.355 e. The maximum atomic E-state index is 12.1. The van der Waals surface area contributed by atoms with Gasteiger partial charge in [0.1, 0.15) is 0 Å². The molecule has 0 bridgehead atoms. The average Bonchev–Trinajstić information content (AvgIpc) is 3.17. The summed E-state index contributed by atoms with van der Waals surface area (Å²) in [6.07, 6.45) is 0. The molecule has 22 heavy (non-hydrogen) atoms. The van der Waals surface area contributed by atoms with E-state index < -0.39 is 5.91 Å². The zero-order valence-corrected chi connectivity index (χ0v) is 13.4. The molecule has 1 N–H and O–H groups in total. The molecule has 0 aliphatic rings. The lowest BCUT2D eigenvalue weighted by Crippen LogP contribution is -2.11. The van der Waals surface area contributed by atoms with E-state index in [2.05, 4.69) is 15.5 Å². The van der Waals surface area contributed by atoms with Crippen LogP contribution in [0.2, 0.25) is 0 Å². The van der Waals surface area contributed by atoms with Crippen molar-refractivity contribution in [1.82, 2.24) is 10.1 Å². The molecule has 0 aromatic carbocycles. The van der Waals surface area contributed by atoms with Gasteiger partial charge in [-0.1, -0.05) is 22.6 Å². The summed E-state index contributed by atoms with van der Waals surface area (Å²) in [6.45, 7) is 3.20. The molecule has 3 aromatic heterocycles. The molecule has 3 aromatic rings. The number of aryl methyl sites for hydroxylation is 1. The van der Waals surface area contributed by atoms with Gasteiger partial charge in [0, 0.05) is 13.0 Å². The summed E-state index contributed by atoms with van der Waals surface area (Å²) in [6, 6.07) is 5.35. The Balaban J connectivity index is 1.77. The first-order valence-electron chi connectivity index (χ1n) is 6.35. The van der Waals surface area contributed by atoms with Crippen LogP contribution in [0.5, 0.6) is 0 Å². The van der Waals surface area contributed by atoms with Crippen LogP contribution < -0.4 is 5.32 Å². The van der Waals surface area contributed by atoms with Gasteiger partial charge in [0.2, 0.25) is 0 Å². The number of nitrogens with zero attached hydrogens (tertiary/aromatic N) is 2. The van der Waals surface area contributed by atoms with Gasteiger partial charge in [-0.15, -0.1) is 11.3 Å². The predicted molar refractivity (Wildman–Crippen MR) is 84.6 cm³/mol. The third-order valence-electron chi connectivity index (χ3n) is 2.84. The normalized spacial score (nSPS) is 10.6. The van der Waals surface area contributed by atoms with E-state index in [1.165, 1.54) is 18.3 Å². The van der Waals surface area contributed by atoms with E-state index in [0.717, 1.165) is 16.2 Å². The van der Waals surface area contributed by atoms with E-state index in [1.54, 1.807) is 13.0 Å². The van der Waals surface area contributed by atoms with Gasteiger partial charge in [0.05, 0.1) is 15.4 Å². The van der Waals surface area contributed by atoms with Crippen molar-refractivity contribution >= 4 is 39.5 Å². The number of hydrogen-bond donors (Lipinski definition) is 1. The molecule has 0 atom stereocenters. The second-order valence-electron chi connectivity index (χ2n) is 4.50. The number of nitrogens with one attached hydrogen (secondary N) is 1. The van der Waals surface area contributed by atoms with E-state index in [4.69, 9.17) is 4.52 Å². The number of rotatable bonds is 4. The molecule has 3 heterocycles. The monoisotopic (exact) mass is 333 g/mol. The molecule has 6 nitrogen and oxygen atoms in total. The first-order valence-corrected chi connectivity index (χ1v) is 8.04. The van der Waals surface area contributed by atoms with Gasteiger partial charge in [-0.2, -0.15) is 0 Å². The SMILES string of the molecule is CC(=O)c1sc(NC(=O)c2cc(-c3cccs3)on2)nc1C. The highest BCUT2D eigenvalue weighted by molar-refractivity contribution is 7.17. The van der Waals surface area contributed by atoms with Gasteiger partial charge in [-0.05, 0) is 18.4 Å². The number of amides is 1. The van der Waals surface area contributed by atoms with Crippen molar-refractivity contribution in [2.24, 2.45) is 0 Å². The van der Waals surface area contributed by atoms with Crippen molar-refractivity contribution in [3.8, 4) is 10.6 Å². The summed E-state index contributed by atoms with van der Waals surface area (Å²) >= 11 is 2.65. The molecule has 0 fully saturated rings. The van der Waals surface area contributed by atoms with Crippen LogP contribution in [0.1, 0.15) is 32.8 Å². The fourth-order valence-corrected chi connectivity index (χ4v) is 3.38. The second kappa shape index (κ2) is 5.82. The van der Waals surface area contributed by atoms with Gasteiger partial charge in [-0.3, -0.25) is 14.9 Å². The predicted octanol–water partition coefficient (Wildman–Crippen LogP) is 3.62. The van der Waals surface area contributed by atoms with Gasteiger partial charge in [0.15, 0.2) is 22.4 Å². The van der Waals surface area contributed by atoms with Crippen LogP contribution in [-0.4, -0.2) is 21.8 Å². The zero-order valence-electron chi connectivity index (χ0n) is 11.7. The molecule has 3 rings (SSSR count). The van der Waals surface area contributed by atoms with E-state index in [9.17, 15) is 9.59 Å². The van der Waals surface area contributed by atoms with Crippen molar-refractivity contribution in [1.29, 1.82) is 0 Å². The highest BCUT2D eigenvalue weighted by atomic mass is 32.1. The minimum absolute atomic E-state index is 0.0723. The van der Waals surface area contributed by atoms with Gasteiger partial charge in [-0.25, -0.2) is 4.98 Å². The van der Waals surface area contributed by atoms with Crippen LogP contribution in [0, 0.1) is 6.92 Å². The number of aromatic nitrogens is 2. The Kier molecular flexibility index (Phi) is 3.86. The van der Waals surface area contributed by atoms with Crippen LogP contribution in [0.4, 0.5) is 5.13 Å². The quantitative estimate of drug-likeness (QED) is 0.737. The van der Waals surface area contributed by atoms with Gasteiger partial charge >= 0.3 is 0 Å². The molecule has 0 radical (unpaired) electrons. The molecular weight excluding hydrogens is 322 g/mol. The zero-order chi connectivity index (χ0) is 15.7. The summed E-state index contributed by atoms with van der Waals surface area (Å²) in [5, 5.41) is 8.68. The highest BCUT2D eigenvalue weighted by Crippen LogP contribution is 2.26. The highest BCUT2D eigenvalue weighted by Gasteiger charge is 2.17. The largest absolute Gasteiger partial charge is 0.355 e. The molecule has 112 valence electrons. The number of anilines is 1. The lowest BCUT2D eigenvalue weighted by atomic mass is 10.3. The number of carbonyl (C=O) groups excluding carboxylic acids is 2. The third kappa shape index (κ3) is 2.83. The maximum absolute atomic E-state index is 12.1. The smallest absolute Gasteiger partial charge is 0.279 e. The first-order chi connectivity index (χ1) is 10.5. The van der Waals surface area contributed by atoms with E-state index in [0.29, 0.717) is 21.5 Å². The Labute approximate surface area is 133 Å². The van der Waals surface area contributed by atoms with Crippen LogP contribution >= 0.6 is 22.7 Å². The Hall–Kier alpha value is -2.32. The van der Waals surface area contributed by atoms with Crippen LogP contribution in [0.25, 0.3) is 10.6 Å². The lowest BCUT2D eigenvalue weighted by Gasteiger charge is -1.95. The summed E-state index contributed by atoms with van der Waals surface area (Å²) < 4.78 is 5.16. The van der Waals surface area contributed by atoms with Crippen molar-refractivity contribution in [3.63, 3.8) is 0 Å². The number of ketones is 1. The van der Waals surface area contributed by atoms with Gasteiger partial charge in [0.25, 0.3) is 5.91 Å². The van der Waals surface area contributed by atoms with Crippen LogP contribution in [0.3, 0.4) is 0 Å². The second-order valence-corrected chi connectivity index (χ2v) is 6.44. The Morgan fingerprint density at radius 3 is 2.82 bits per heavy atom. The van der Waals surface area contributed by atoms with Crippen molar-refractivity contribution in [3.05, 3.63) is 39.8 Å². The first kappa shape index (κ1) is 14.6. The van der Waals surface area contributed by atoms with Gasteiger partial charge < -0.3 is 4.52 Å². The topological polar surface area (TPSA) is 85.1 Å². The van der Waals surface area contributed by atoms with E-state index in [1.807, 2.05) is 17.5 Å². The molecule has 0 aliphatic carbocycles. The molecule has 0 saturated carbocycles. The fraction of sp³-hybridized carbons (Fsp3) is 0.143. The summed E-state index contributed by atoms with van der Waals surface area (Å²) in [5.41, 5.74) is 0.771. The number of carbonyl (C=O) groups is 2. The molecule has 1 amide bonds. The molecule has 0 aliphatic heterocycles.